The van der Waals surface area contributed by atoms with E-state index in [2.05, 4.69) is 10.4 Å². The summed E-state index contributed by atoms with van der Waals surface area (Å²) in [7, 11) is 3.22. The quantitative estimate of drug-likeness (QED) is 0.477. The number of nitrogens with one attached hydrogen (secondary N) is 1. The van der Waals surface area contributed by atoms with Crippen LogP contribution < -0.4 is 20.5 Å². The van der Waals surface area contributed by atoms with E-state index < -0.39 is 0 Å². The third-order valence-corrected chi connectivity index (χ3v) is 4.90. The van der Waals surface area contributed by atoms with Crippen molar-refractivity contribution in [3.8, 4) is 11.5 Å². The molecular weight excluding hydrogens is 380 g/mol. The molecule has 0 aliphatic rings. The molecule has 0 fully saturated rings. The van der Waals surface area contributed by atoms with Gasteiger partial charge in [0.05, 0.1) is 43.9 Å². The number of ether oxygens (including phenoxy) is 2. The first-order valence-corrected chi connectivity index (χ1v) is 9.41. The summed E-state index contributed by atoms with van der Waals surface area (Å²) in [5, 5.41) is 8.27. The number of fused-ring (bicyclic) bond motifs is 1. The average molecular weight is 402 g/mol. The fourth-order valence-electron chi connectivity index (χ4n) is 3.27. The van der Waals surface area contributed by atoms with Crippen molar-refractivity contribution in [1.82, 2.24) is 9.78 Å². The molecule has 3 aromatic carbocycles. The predicted octanol–water partition coefficient (Wildman–Crippen LogP) is 3.94. The standard InChI is InChI=1S/C23H22N4O3/c1-29-21-11-17-13-25-27(20(17)12-22(21)30-2)14-15-7-9-16(10-8-15)23(28)26-19-6-4-3-5-18(19)24/h3-13H,14,24H2,1-2H3,(H,26,28). The van der Waals surface area contributed by atoms with Crippen molar-refractivity contribution in [3.05, 3.63) is 78.0 Å². The van der Waals surface area contributed by atoms with Gasteiger partial charge < -0.3 is 20.5 Å². The highest BCUT2D eigenvalue weighted by Crippen LogP contribution is 2.32. The van der Waals surface area contributed by atoms with Crippen molar-refractivity contribution in [2.24, 2.45) is 0 Å². The number of aromatic nitrogens is 2. The first-order chi connectivity index (χ1) is 14.6. The molecule has 152 valence electrons. The molecule has 7 heteroatoms. The van der Waals surface area contributed by atoms with Gasteiger partial charge in [-0.3, -0.25) is 9.48 Å². The third-order valence-electron chi connectivity index (χ3n) is 4.90. The molecule has 0 unspecified atom stereocenters. The smallest absolute Gasteiger partial charge is 0.255 e. The van der Waals surface area contributed by atoms with Crippen LogP contribution in [-0.2, 0) is 6.54 Å². The summed E-state index contributed by atoms with van der Waals surface area (Å²) in [5.41, 5.74) is 9.53. The predicted molar refractivity (Wildman–Crippen MR) is 117 cm³/mol. The fraction of sp³-hybridized carbons (Fsp3) is 0.130. The van der Waals surface area contributed by atoms with Gasteiger partial charge in [0.2, 0.25) is 0 Å². The Bertz CT molecular complexity index is 1200. The number of carbonyl (C=O) groups excluding carboxylic acids is 1. The topological polar surface area (TPSA) is 91.4 Å². The number of nitrogen functional groups attached to an aromatic ring is 1. The summed E-state index contributed by atoms with van der Waals surface area (Å²) in [6, 6.07) is 18.4. The number of methoxy groups -OCH3 is 2. The zero-order valence-electron chi connectivity index (χ0n) is 16.8. The minimum absolute atomic E-state index is 0.208. The van der Waals surface area contributed by atoms with Gasteiger partial charge in [0.15, 0.2) is 11.5 Å². The number of para-hydroxylation sites is 2. The van der Waals surface area contributed by atoms with Crippen molar-refractivity contribution in [2.45, 2.75) is 6.54 Å². The van der Waals surface area contributed by atoms with Crippen LogP contribution in [0.4, 0.5) is 11.4 Å². The number of nitrogens with two attached hydrogens (primary N) is 1. The third kappa shape index (κ3) is 3.77. The van der Waals surface area contributed by atoms with Crippen LogP contribution in [0.5, 0.6) is 11.5 Å². The summed E-state index contributed by atoms with van der Waals surface area (Å²) in [5.74, 6) is 1.11. The van der Waals surface area contributed by atoms with E-state index in [1.807, 2.05) is 41.1 Å². The highest BCUT2D eigenvalue weighted by molar-refractivity contribution is 6.05. The summed E-state index contributed by atoms with van der Waals surface area (Å²) in [6.07, 6.45) is 1.80. The number of amides is 1. The first kappa shape index (κ1) is 19.3. The van der Waals surface area contributed by atoms with Crippen LogP contribution in [0.15, 0.2) is 66.9 Å². The Labute approximate surface area is 174 Å². The summed E-state index contributed by atoms with van der Waals surface area (Å²) < 4.78 is 12.6. The molecule has 0 atom stereocenters. The number of rotatable bonds is 6. The molecule has 1 amide bonds. The van der Waals surface area contributed by atoms with E-state index in [1.165, 1.54) is 0 Å². The van der Waals surface area contributed by atoms with E-state index in [-0.39, 0.29) is 5.91 Å². The highest BCUT2D eigenvalue weighted by atomic mass is 16.5. The molecule has 0 aliphatic heterocycles. The number of anilines is 2. The molecule has 0 saturated carbocycles. The Hall–Kier alpha value is -4.00. The lowest BCUT2D eigenvalue weighted by Gasteiger charge is -2.10. The van der Waals surface area contributed by atoms with E-state index >= 15 is 0 Å². The van der Waals surface area contributed by atoms with E-state index in [1.54, 1.807) is 44.7 Å². The van der Waals surface area contributed by atoms with Gasteiger partial charge in [-0.15, -0.1) is 0 Å². The van der Waals surface area contributed by atoms with Gasteiger partial charge in [-0.25, -0.2) is 0 Å². The lowest BCUT2D eigenvalue weighted by molar-refractivity contribution is 0.102. The zero-order valence-corrected chi connectivity index (χ0v) is 16.8. The fourth-order valence-corrected chi connectivity index (χ4v) is 3.27. The van der Waals surface area contributed by atoms with Gasteiger partial charge in [-0.2, -0.15) is 5.10 Å². The van der Waals surface area contributed by atoms with E-state index in [0.717, 1.165) is 16.5 Å². The molecule has 0 saturated heterocycles. The maximum absolute atomic E-state index is 12.5. The lowest BCUT2D eigenvalue weighted by atomic mass is 10.1. The highest BCUT2D eigenvalue weighted by Gasteiger charge is 2.12. The van der Waals surface area contributed by atoms with Crippen LogP contribution in [0, 0.1) is 0 Å². The SMILES string of the molecule is COc1cc2cnn(Cc3ccc(C(=O)Nc4ccccc4N)cc3)c2cc1OC. The second-order valence-corrected chi connectivity index (χ2v) is 6.81. The van der Waals surface area contributed by atoms with Crippen molar-refractivity contribution < 1.29 is 14.3 Å². The van der Waals surface area contributed by atoms with Crippen molar-refractivity contribution in [2.75, 3.05) is 25.3 Å². The normalized spacial score (nSPS) is 10.7. The van der Waals surface area contributed by atoms with Crippen LogP contribution in [0.1, 0.15) is 15.9 Å². The molecule has 0 radical (unpaired) electrons. The number of carbonyl (C=O) groups is 1. The van der Waals surface area contributed by atoms with Gasteiger partial charge in [0, 0.05) is 17.0 Å². The van der Waals surface area contributed by atoms with Gasteiger partial charge in [0.25, 0.3) is 5.91 Å². The van der Waals surface area contributed by atoms with Crippen LogP contribution in [0.2, 0.25) is 0 Å². The zero-order chi connectivity index (χ0) is 21.1. The Kier molecular flexibility index (Phi) is 5.26. The Morgan fingerprint density at radius 1 is 1.03 bits per heavy atom. The minimum Gasteiger partial charge on any atom is -0.493 e. The van der Waals surface area contributed by atoms with Crippen molar-refractivity contribution >= 4 is 28.2 Å². The van der Waals surface area contributed by atoms with Gasteiger partial charge >= 0.3 is 0 Å². The summed E-state index contributed by atoms with van der Waals surface area (Å²) in [6.45, 7) is 0.562. The monoisotopic (exact) mass is 402 g/mol. The second-order valence-electron chi connectivity index (χ2n) is 6.81. The van der Waals surface area contributed by atoms with Crippen LogP contribution in [-0.4, -0.2) is 29.9 Å². The molecule has 7 nitrogen and oxygen atoms in total. The number of benzene rings is 3. The molecule has 0 bridgehead atoms. The molecule has 1 heterocycles. The van der Waals surface area contributed by atoms with E-state index in [4.69, 9.17) is 15.2 Å². The van der Waals surface area contributed by atoms with E-state index in [9.17, 15) is 4.79 Å². The number of hydrogen-bond donors (Lipinski definition) is 2. The van der Waals surface area contributed by atoms with Gasteiger partial charge in [-0.1, -0.05) is 24.3 Å². The van der Waals surface area contributed by atoms with Gasteiger partial charge in [0.1, 0.15) is 0 Å². The van der Waals surface area contributed by atoms with Crippen LogP contribution >= 0.6 is 0 Å². The summed E-state index contributed by atoms with van der Waals surface area (Å²) in [4.78, 5) is 12.5. The van der Waals surface area contributed by atoms with Crippen LogP contribution in [0.3, 0.4) is 0 Å². The van der Waals surface area contributed by atoms with Gasteiger partial charge in [-0.05, 0) is 35.9 Å². The van der Waals surface area contributed by atoms with Crippen molar-refractivity contribution in [1.29, 1.82) is 0 Å². The Morgan fingerprint density at radius 3 is 2.43 bits per heavy atom. The molecule has 4 rings (SSSR count). The first-order valence-electron chi connectivity index (χ1n) is 9.41. The molecule has 30 heavy (non-hydrogen) atoms. The molecule has 4 aromatic rings. The number of hydrogen-bond acceptors (Lipinski definition) is 5. The van der Waals surface area contributed by atoms with E-state index in [0.29, 0.717) is 35.0 Å². The van der Waals surface area contributed by atoms with Crippen LogP contribution in [0.25, 0.3) is 10.9 Å². The Balaban J connectivity index is 1.52. The maximum Gasteiger partial charge on any atom is 0.255 e. The maximum atomic E-state index is 12.5. The van der Waals surface area contributed by atoms with Crippen molar-refractivity contribution in [3.63, 3.8) is 0 Å². The summed E-state index contributed by atoms with van der Waals surface area (Å²) >= 11 is 0. The molecule has 1 aromatic heterocycles. The molecular formula is C23H22N4O3. The minimum atomic E-state index is -0.208. The largest absolute Gasteiger partial charge is 0.493 e. The lowest BCUT2D eigenvalue weighted by Crippen LogP contribution is -2.13. The molecule has 3 N–H and O–H groups in total. The molecule has 0 aliphatic carbocycles. The Morgan fingerprint density at radius 2 is 1.73 bits per heavy atom. The second kappa shape index (κ2) is 8.16. The average Bonchev–Trinajstić information content (AvgIpc) is 3.16. The number of nitrogens with zero attached hydrogens (tertiary/aromatic N) is 2. The molecule has 0 spiro atoms.